The summed E-state index contributed by atoms with van der Waals surface area (Å²) in [5.74, 6) is -0.574. The number of aromatic nitrogens is 1. The molecular weight excluding hydrogens is 270 g/mol. The number of nitrogen functional groups attached to an aromatic ring is 1. The molecule has 0 spiro atoms. The molecule has 0 aliphatic heterocycles. The first kappa shape index (κ1) is 14.3. The monoisotopic (exact) mass is 283 g/mol. The van der Waals surface area contributed by atoms with Gasteiger partial charge in [0, 0.05) is 23.5 Å². The fraction of sp³-hybridized carbons (Fsp3) is 0.133. The van der Waals surface area contributed by atoms with E-state index in [0.717, 1.165) is 0 Å². The van der Waals surface area contributed by atoms with Gasteiger partial charge in [0.15, 0.2) is 0 Å². The average molecular weight is 283 g/mol. The summed E-state index contributed by atoms with van der Waals surface area (Å²) in [6.07, 6.45) is 1.38. The number of hydrogen-bond acceptors (Lipinski definition) is 5. The van der Waals surface area contributed by atoms with Gasteiger partial charge in [-0.3, -0.25) is 9.59 Å². The third kappa shape index (κ3) is 3.70. The van der Waals surface area contributed by atoms with E-state index in [2.05, 4.69) is 0 Å². The number of esters is 1. The third-order valence-electron chi connectivity index (χ3n) is 2.83. The molecular formula is C15H13N3O3. The van der Waals surface area contributed by atoms with Crippen LogP contribution in [0.25, 0.3) is 0 Å². The molecule has 0 saturated carbocycles. The van der Waals surface area contributed by atoms with E-state index >= 15 is 0 Å². The van der Waals surface area contributed by atoms with Gasteiger partial charge in [0.1, 0.15) is 13.2 Å². The normalized spacial score (nSPS) is 9.86. The lowest BCUT2D eigenvalue weighted by atomic mass is 10.1. The van der Waals surface area contributed by atoms with Crippen LogP contribution in [0.3, 0.4) is 0 Å². The van der Waals surface area contributed by atoms with E-state index in [9.17, 15) is 9.59 Å². The molecule has 0 saturated heterocycles. The summed E-state index contributed by atoms with van der Waals surface area (Å²) in [6, 6.07) is 11.6. The van der Waals surface area contributed by atoms with E-state index in [4.69, 9.17) is 15.7 Å². The second-order valence-electron chi connectivity index (χ2n) is 4.36. The van der Waals surface area contributed by atoms with Gasteiger partial charge in [-0.25, -0.2) is 0 Å². The minimum absolute atomic E-state index is 0.0143. The highest BCUT2D eigenvalue weighted by molar-refractivity contribution is 5.69. The maximum Gasteiger partial charge on any atom is 0.326 e. The molecule has 0 atom stereocenters. The Labute approximate surface area is 121 Å². The highest BCUT2D eigenvalue weighted by Crippen LogP contribution is 2.09. The van der Waals surface area contributed by atoms with Crippen LogP contribution < -0.4 is 11.3 Å². The standard InChI is InChI=1S/C15H13N3O3/c16-7-11-3-1-2-4-12(11)10-21-15(20)9-18-8-13(17)5-6-14(18)19/h1-6,8H,9-10,17H2. The van der Waals surface area contributed by atoms with Gasteiger partial charge in [-0.2, -0.15) is 5.26 Å². The second-order valence-corrected chi connectivity index (χ2v) is 4.36. The maximum absolute atomic E-state index is 11.7. The average Bonchev–Trinajstić information content (AvgIpc) is 2.49. The van der Waals surface area contributed by atoms with Crippen LogP contribution in [0.2, 0.25) is 0 Å². The van der Waals surface area contributed by atoms with Crippen LogP contribution in [0.15, 0.2) is 47.4 Å². The zero-order valence-corrected chi connectivity index (χ0v) is 11.2. The third-order valence-corrected chi connectivity index (χ3v) is 2.83. The fourth-order valence-corrected chi connectivity index (χ4v) is 1.77. The van der Waals surface area contributed by atoms with Crippen molar-refractivity contribution in [1.82, 2.24) is 4.57 Å². The largest absolute Gasteiger partial charge is 0.459 e. The summed E-state index contributed by atoms with van der Waals surface area (Å²) in [6.45, 7) is -0.238. The zero-order valence-electron chi connectivity index (χ0n) is 11.2. The maximum atomic E-state index is 11.7. The number of anilines is 1. The van der Waals surface area contributed by atoms with E-state index in [1.807, 2.05) is 6.07 Å². The molecule has 1 aromatic heterocycles. The van der Waals surface area contributed by atoms with Crippen LogP contribution in [0.1, 0.15) is 11.1 Å². The number of rotatable bonds is 4. The molecule has 0 aliphatic carbocycles. The van der Waals surface area contributed by atoms with E-state index in [-0.39, 0.29) is 18.7 Å². The second kappa shape index (κ2) is 6.39. The Hall–Kier alpha value is -3.07. The Morgan fingerprint density at radius 1 is 1.29 bits per heavy atom. The van der Waals surface area contributed by atoms with Crippen molar-refractivity contribution in [2.45, 2.75) is 13.2 Å². The fourth-order valence-electron chi connectivity index (χ4n) is 1.77. The van der Waals surface area contributed by atoms with Crippen LogP contribution in [-0.4, -0.2) is 10.5 Å². The van der Waals surface area contributed by atoms with Gasteiger partial charge < -0.3 is 15.0 Å². The number of benzene rings is 1. The van der Waals surface area contributed by atoms with E-state index in [1.165, 1.54) is 22.9 Å². The molecule has 0 unspecified atom stereocenters. The number of ether oxygens (including phenoxy) is 1. The Kier molecular flexibility index (Phi) is 4.36. The van der Waals surface area contributed by atoms with E-state index in [0.29, 0.717) is 16.8 Å². The van der Waals surface area contributed by atoms with Crippen molar-refractivity contribution in [3.05, 3.63) is 64.1 Å². The van der Waals surface area contributed by atoms with Crippen LogP contribution in [0.5, 0.6) is 0 Å². The number of carbonyl (C=O) groups is 1. The first-order valence-corrected chi connectivity index (χ1v) is 6.20. The highest BCUT2D eigenvalue weighted by atomic mass is 16.5. The Morgan fingerprint density at radius 2 is 2.05 bits per heavy atom. The Morgan fingerprint density at radius 3 is 2.81 bits per heavy atom. The molecule has 2 N–H and O–H groups in total. The first-order chi connectivity index (χ1) is 10.1. The van der Waals surface area contributed by atoms with Crippen LogP contribution in [-0.2, 0) is 22.7 Å². The quantitative estimate of drug-likeness (QED) is 0.845. The smallest absolute Gasteiger partial charge is 0.326 e. The lowest BCUT2D eigenvalue weighted by Gasteiger charge is -2.08. The summed E-state index contributed by atoms with van der Waals surface area (Å²) < 4.78 is 6.25. The van der Waals surface area contributed by atoms with Gasteiger partial charge in [-0.1, -0.05) is 18.2 Å². The van der Waals surface area contributed by atoms with Gasteiger partial charge in [0.05, 0.1) is 11.6 Å². The minimum atomic E-state index is -0.574. The van der Waals surface area contributed by atoms with Crippen molar-refractivity contribution in [2.24, 2.45) is 0 Å². The van der Waals surface area contributed by atoms with E-state index in [1.54, 1.807) is 24.3 Å². The summed E-state index contributed by atoms with van der Waals surface area (Å²) in [4.78, 5) is 23.3. The topological polar surface area (TPSA) is 98.1 Å². The van der Waals surface area contributed by atoms with Crippen molar-refractivity contribution in [1.29, 1.82) is 5.26 Å². The number of nitrogens with zero attached hydrogens (tertiary/aromatic N) is 2. The predicted octanol–water partition coefficient (Wildman–Crippen LogP) is 1.05. The molecule has 0 radical (unpaired) electrons. The zero-order chi connectivity index (χ0) is 15.2. The molecule has 6 nitrogen and oxygen atoms in total. The number of pyridine rings is 1. The Bertz CT molecular complexity index is 759. The molecule has 21 heavy (non-hydrogen) atoms. The molecule has 0 bridgehead atoms. The molecule has 106 valence electrons. The molecule has 6 heteroatoms. The van der Waals surface area contributed by atoms with Gasteiger partial charge in [0.2, 0.25) is 0 Å². The van der Waals surface area contributed by atoms with Crippen molar-refractivity contribution < 1.29 is 9.53 Å². The highest BCUT2D eigenvalue weighted by Gasteiger charge is 2.08. The molecule has 0 aliphatic rings. The lowest BCUT2D eigenvalue weighted by molar-refractivity contribution is -0.145. The summed E-state index contributed by atoms with van der Waals surface area (Å²) in [5, 5.41) is 8.94. The van der Waals surface area contributed by atoms with Crippen LogP contribution >= 0.6 is 0 Å². The molecule has 2 aromatic rings. The van der Waals surface area contributed by atoms with E-state index < -0.39 is 5.97 Å². The molecule has 0 fully saturated rings. The van der Waals surface area contributed by atoms with Gasteiger partial charge >= 0.3 is 5.97 Å². The number of nitriles is 1. The van der Waals surface area contributed by atoms with Crippen LogP contribution in [0.4, 0.5) is 5.69 Å². The predicted molar refractivity (Wildman–Crippen MR) is 76.1 cm³/mol. The summed E-state index contributed by atoms with van der Waals surface area (Å²) in [7, 11) is 0. The van der Waals surface area contributed by atoms with Crippen molar-refractivity contribution in [3.8, 4) is 6.07 Å². The van der Waals surface area contributed by atoms with Crippen molar-refractivity contribution in [2.75, 3.05) is 5.73 Å². The first-order valence-electron chi connectivity index (χ1n) is 6.20. The summed E-state index contributed by atoms with van der Waals surface area (Å²) >= 11 is 0. The molecule has 0 amide bonds. The molecule has 1 heterocycles. The van der Waals surface area contributed by atoms with Crippen molar-refractivity contribution in [3.63, 3.8) is 0 Å². The minimum Gasteiger partial charge on any atom is -0.459 e. The summed E-state index contributed by atoms with van der Waals surface area (Å²) in [5.41, 5.74) is 6.68. The van der Waals surface area contributed by atoms with Gasteiger partial charge in [-0.05, 0) is 12.1 Å². The van der Waals surface area contributed by atoms with Crippen molar-refractivity contribution >= 4 is 11.7 Å². The number of carbonyl (C=O) groups excluding carboxylic acids is 1. The molecule has 2 rings (SSSR count). The lowest BCUT2D eigenvalue weighted by Crippen LogP contribution is -2.24. The number of hydrogen-bond donors (Lipinski definition) is 1. The van der Waals surface area contributed by atoms with Gasteiger partial charge in [-0.15, -0.1) is 0 Å². The Balaban J connectivity index is 2.01. The number of nitrogens with two attached hydrogens (primary N) is 1. The van der Waals surface area contributed by atoms with Crippen LogP contribution in [0, 0.1) is 11.3 Å². The SMILES string of the molecule is N#Cc1ccccc1COC(=O)Cn1cc(N)ccc1=O. The molecule has 1 aromatic carbocycles. The van der Waals surface area contributed by atoms with Gasteiger partial charge in [0.25, 0.3) is 5.56 Å².